The van der Waals surface area contributed by atoms with Gasteiger partial charge in [-0.15, -0.1) is 0 Å². The summed E-state index contributed by atoms with van der Waals surface area (Å²) < 4.78 is 4.90. The zero-order chi connectivity index (χ0) is 13.8. The first-order valence-electron chi connectivity index (χ1n) is 6.90. The van der Waals surface area contributed by atoms with E-state index in [1.807, 2.05) is 20.8 Å². The minimum Gasteiger partial charge on any atom is -0.469 e. The molecule has 1 fully saturated rings. The highest BCUT2D eigenvalue weighted by atomic mass is 16.5. The van der Waals surface area contributed by atoms with Crippen molar-refractivity contribution in [2.75, 3.05) is 26.7 Å². The van der Waals surface area contributed by atoms with Gasteiger partial charge in [0.1, 0.15) is 0 Å². The van der Waals surface area contributed by atoms with Crippen molar-refractivity contribution in [3.63, 3.8) is 0 Å². The molecule has 0 aliphatic carbocycles. The number of methoxy groups -OCH3 is 1. The molecule has 4 heteroatoms. The maximum Gasteiger partial charge on any atom is 0.311 e. The van der Waals surface area contributed by atoms with Crippen LogP contribution in [0, 0.1) is 11.3 Å². The van der Waals surface area contributed by atoms with Crippen molar-refractivity contribution in [1.29, 1.82) is 0 Å². The van der Waals surface area contributed by atoms with Gasteiger partial charge in [0.05, 0.1) is 18.6 Å². The highest BCUT2D eigenvalue weighted by Gasteiger charge is 2.39. The van der Waals surface area contributed by atoms with Gasteiger partial charge in [0.2, 0.25) is 0 Å². The molecule has 0 saturated carbocycles. The molecule has 0 bridgehead atoms. The summed E-state index contributed by atoms with van der Waals surface area (Å²) >= 11 is 0. The number of hydrogen-bond acceptors (Lipinski definition) is 4. The highest BCUT2D eigenvalue weighted by molar-refractivity contribution is 5.76. The van der Waals surface area contributed by atoms with Gasteiger partial charge in [0, 0.05) is 13.1 Å². The highest BCUT2D eigenvalue weighted by Crippen LogP contribution is 2.35. The molecule has 18 heavy (non-hydrogen) atoms. The number of likely N-dealkylation sites (tertiary alicyclic amines) is 1. The summed E-state index contributed by atoms with van der Waals surface area (Å²) in [7, 11) is 1.45. The van der Waals surface area contributed by atoms with Gasteiger partial charge in [-0.2, -0.15) is 0 Å². The van der Waals surface area contributed by atoms with Gasteiger partial charge in [-0.05, 0) is 45.6 Å². The van der Waals surface area contributed by atoms with Crippen LogP contribution in [0.15, 0.2) is 0 Å². The molecular weight excluding hydrogens is 230 g/mol. The number of piperidine rings is 1. The fourth-order valence-electron chi connectivity index (χ4n) is 2.67. The normalized spacial score (nSPS) is 23.7. The van der Waals surface area contributed by atoms with E-state index < -0.39 is 5.41 Å². The monoisotopic (exact) mass is 257 g/mol. The second kappa shape index (κ2) is 6.53. The van der Waals surface area contributed by atoms with Crippen LogP contribution in [0.4, 0.5) is 0 Å². The fraction of sp³-hybridized carbons (Fsp3) is 0.929. The van der Waals surface area contributed by atoms with E-state index in [1.54, 1.807) is 0 Å². The lowest BCUT2D eigenvalue weighted by atomic mass is 9.74. The molecule has 0 radical (unpaired) electrons. The third kappa shape index (κ3) is 3.69. The van der Waals surface area contributed by atoms with Crippen molar-refractivity contribution >= 4 is 5.97 Å². The molecule has 1 heterocycles. The number of carbonyl (C=O) groups excluding carboxylic acids is 1. The van der Waals surface area contributed by atoms with Crippen molar-refractivity contribution in [2.45, 2.75) is 46.1 Å². The van der Waals surface area contributed by atoms with E-state index in [9.17, 15) is 9.90 Å². The summed E-state index contributed by atoms with van der Waals surface area (Å²) in [5.41, 5.74) is -0.440. The van der Waals surface area contributed by atoms with Gasteiger partial charge >= 0.3 is 5.97 Å². The molecule has 1 N–H and O–H groups in total. The topological polar surface area (TPSA) is 49.8 Å². The summed E-state index contributed by atoms with van der Waals surface area (Å²) in [4.78, 5) is 14.1. The Morgan fingerprint density at radius 3 is 2.78 bits per heavy atom. The number of β-amino-alcohol motifs (C(OH)–C–C–N with tert-alkyl or cyclic N) is 1. The number of aliphatic hydroxyl groups excluding tert-OH is 1. The smallest absolute Gasteiger partial charge is 0.311 e. The Hall–Kier alpha value is -0.610. The molecule has 1 rings (SSSR count). The summed E-state index contributed by atoms with van der Waals surface area (Å²) in [5.74, 6) is 0.174. The van der Waals surface area contributed by atoms with E-state index in [1.165, 1.54) is 7.11 Å². The van der Waals surface area contributed by atoms with E-state index >= 15 is 0 Å². The van der Waals surface area contributed by atoms with Crippen LogP contribution < -0.4 is 0 Å². The quantitative estimate of drug-likeness (QED) is 0.761. The van der Waals surface area contributed by atoms with Crippen LogP contribution in [0.5, 0.6) is 0 Å². The number of esters is 1. The van der Waals surface area contributed by atoms with Gasteiger partial charge < -0.3 is 14.7 Å². The first-order valence-corrected chi connectivity index (χ1v) is 6.90. The SMILES string of the molecule is CCC(O)CN1CCCC(C(C)(C)C(=O)OC)C1. The predicted octanol–water partition coefficient (Wildman–Crippen LogP) is 1.67. The molecule has 1 saturated heterocycles. The van der Waals surface area contributed by atoms with Gasteiger partial charge in [-0.3, -0.25) is 4.79 Å². The third-order valence-corrected chi connectivity index (χ3v) is 4.18. The zero-order valence-corrected chi connectivity index (χ0v) is 12.1. The van der Waals surface area contributed by atoms with E-state index in [-0.39, 0.29) is 12.1 Å². The maximum atomic E-state index is 11.8. The predicted molar refractivity (Wildman–Crippen MR) is 71.3 cm³/mol. The number of rotatable bonds is 5. The lowest BCUT2D eigenvalue weighted by Crippen LogP contribution is -2.47. The van der Waals surface area contributed by atoms with Gasteiger partial charge in [-0.1, -0.05) is 6.92 Å². The van der Waals surface area contributed by atoms with Crippen molar-refractivity contribution in [3.8, 4) is 0 Å². The second-order valence-corrected chi connectivity index (χ2v) is 5.87. The van der Waals surface area contributed by atoms with Crippen LogP contribution in [-0.2, 0) is 9.53 Å². The van der Waals surface area contributed by atoms with Crippen LogP contribution in [0.25, 0.3) is 0 Å². The Balaban J connectivity index is 2.60. The van der Waals surface area contributed by atoms with Crippen molar-refractivity contribution < 1.29 is 14.6 Å². The molecular formula is C14H27NO3. The molecule has 2 atom stereocenters. The molecule has 0 aromatic heterocycles. The third-order valence-electron chi connectivity index (χ3n) is 4.18. The Morgan fingerprint density at radius 2 is 2.22 bits per heavy atom. The molecule has 0 amide bonds. The average Bonchev–Trinajstić information content (AvgIpc) is 2.37. The molecule has 0 aromatic carbocycles. The molecule has 0 aromatic rings. The van der Waals surface area contributed by atoms with Crippen LogP contribution >= 0.6 is 0 Å². The Bertz CT molecular complexity index is 278. The average molecular weight is 257 g/mol. The van der Waals surface area contributed by atoms with Gasteiger partial charge in [0.25, 0.3) is 0 Å². The second-order valence-electron chi connectivity index (χ2n) is 5.87. The van der Waals surface area contributed by atoms with E-state index in [4.69, 9.17) is 4.74 Å². The maximum absolute atomic E-state index is 11.8. The molecule has 2 unspecified atom stereocenters. The zero-order valence-electron chi connectivity index (χ0n) is 12.1. The van der Waals surface area contributed by atoms with Crippen LogP contribution in [-0.4, -0.2) is 48.8 Å². The standard InChI is InChI=1S/C14H27NO3/c1-5-12(16)10-15-8-6-7-11(9-15)14(2,3)13(17)18-4/h11-12,16H,5-10H2,1-4H3. The fourth-order valence-corrected chi connectivity index (χ4v) is 2.67. The van der Waals surface area contributed by atoms with Crippen molar-refractivity contribution in [2.24, 2.45) is 11.3 Å². The summed E-state index contributed by atoms with van der Waals surface area (Å²) in [5, 5.41) is 9.72. The molecule has 1 aliphatic rings. The van der Waals surface area contributed by atoms with Crippen LogP contribution in [0.1, 0.15) is 40.0 Å². The molecule has 106 valence electrons. The lowest BCUT2D eigenvalue weighted by Gasteiger charge is -2.40. The van der Waals surface area contributed by atoms with Crippen LogP contribution in [0.3, 0.4) is 0 Å². The number of ether oxygens (including phenoxy) is 1. The summed E-state index contributed by atoms with van der Waals surface area (Å²) in [6, 6.07) is 0. The number of hydrogen-bond donors (Lipinski definition) is 1. The molecule has 1 aliphatic heterocycles. The molecule has 0 spiro atoms. The minimum absolute atomic E-state index is 0.134. The summed E-state index contributed by atoms with van der Waals surface area (Å²) in [6.45, 7) is 8.52. The number of carbonyl (C=O) groups is 1. The Morgan fingerprint density at radius 1 is 1.56 bits per heavy atom. The van der Waals surface area contributed by atoms with Gasteiger partial charge in [-0.25, -0.2) is 0 Å². The van der Waals surface area contributed by atoms with E-state index in [0.29, 0.717) is 12.5 Å². The van der Waals surface area contributed by atoms with Crippen molar-refractivity contribution in [1.82, 2.24) is 4.90 Å². The largest absolute Gasteiger partial charge is 0.469 e. The summed E-state index contributed by atoms with van der Waals surface area (Å²) in [6.07, 6.45) is 2.66. The first kappa shape index (κ1) is 15.4. The first-order chi connectivity index (χ1) is 8.41. The van der Waals surface area contributed by atoms with E-state index in [0.717, 1.165) is 32.4 Å². The van der Waals surface area contributed by atoms with Gasteiger partial charge in [0.15, 0.2) is 0 Å². The number of aliphatic hydroxyl groups is 1. The van der Waals surface area contributed by atoms with Crippen LogP contribution in [0.2, 0.25) is 0 Å². The minimum atomic E-state index is -0.440. The molecule has 4 nitrogen and oxygen atoms in total. The van der Waals surface area contributed by atoms with E-state index in [2.05, 4.69) is 4.90 Å². The lowest BCUT2D eigenvalue weighted by molar-refractivity contribution is -0.155. The Labute approximate surface area is 110 Å². The van der Waals surface area contributed by atoms with Crippen molar-refractivity contribution in [3.05, 3.63) is 0 Å². The Kier molecular flexibility index (Phi) is 5.60. The number of nitrogens with zero attached hydrogens (tertiary/aromatic N) is 1.